The topological polar surface area (TPSA) is 78.5 Å². The fourth-order valence-electron chi connectivity index (χ4n) is 2.55. The summed E-state index contributed by atoms with van der Waals surface area (Å²) in [4.78, 5) is 37.1. The first-order valence-corrected chi connectivity index (χ1v) is 8.34. The molecule has 0 aliphatic carbocycles. The minimum Gasteiger partial charge on any atom is -0.347 e. The van der Waals surface area contributed by atoms with Gasteiger partial charge in [-0.2, -0.15) is 0 Å². The van der Waals surface area contributed by atoms with Gasteiger partial charge in [0.05, 0.1) is 18.2 Å². The predicted octanol–water partition coefficient (Wildman–Crippen LogP) is 1.76. The molecule has 1 saturated heterocycles. The van der Waals surface area contributed by atoms with E-state index in [1.54, 1.807) is 11.0 Å². The zero-order valence-electron chi connectivity index (χ0n) is 13.0. The van der Waals surface area contributed by atoms with Crippen molar-refractivity contribution in [3.63, 3.8) is 0 Å². The summed E-state index contributed by atoms with van der Waals surface area (Å²) in [6, 6.07) is 7.27. The van der Waals surface area contributed by atoms with Crippen LogP contribution in [0.2, 0.25) is 0 Å². The van der Waals surface area contributed by atoms with Crippen molar-refractivity contribution >= 4 is 39.3 Å². The van der Waals surface area contributed by atoms with Crippen LogP contribution in [0, 0.1) is 5.92 Å². The normalized spacial score (nSPS) is 17.5. The van der Waals surface area contributed by atoms with E-state index in [1.165, 1.54) is 6.92 Å². The van der Waals surface area contributed by atoms with Crippen LogP contribution in [0.1, 0.15) is 19.8 Å². The number of amides is 3. The largest absolute Gasteiger partial charge is 0.347 e. The lowest BCUT2D eigenvalue weighted by Gasteiger charge is -2.31. The van der Waals surface area contributed by atoms with Gasteiger partial charge in [-0.15, -0.1) is 0 Å². The average molecular weight is 382 g/mol. The Hall–Kier alpha value is -1.89. The lowest BCUT2D eigenvalue weighted by atomic mass is 9.97. The van der Waals surface area contributed by atoms with Gasteiger partial charge in [0.15, 0.2) is 0 Å². The molecule has 6 nitrogen and oxygen atoms in total. The maximum absolute atomic E-state index is 12.2. The SMILES string of the molecule is CC(=O)N1CCC[C@@H](C(=O)NCC(=O)Nc2ccccc2Br)C1. The average Bonchev–Trinajstić information content (AvgIpc) is 2.55. The number of hydrogen-bond donors (Lipinski definition) is 2. The van der Waals surface area contributed by atoms with Crippen LogP contribution in [-0.4, -0.2) is 42.3 Å². The van der Waals surface area contributed by atoms with E-state index in [9.17, 15) is 14.4 Å². The fourth-order valence-corrected chi connectivity index (χ4v) is 2.93. The highest BCUT2D eigenvalue weighted by atomic mass is 79.9. The van der Waals surface area contributed by atoms with E-state index in [0.717, 1.165) is 17.3 Å². The molecule has 1 fully saturated rings. The van der Waals surface area contributed by atoms with Crippen molar-refractivity contribution in [2.45, 2.75) is 19.8 Å². The lowest BCUT2D eigenvalue weighted by Crippen LogP contribution is -2.46. The maximum Gasteiger partial charge on any atom is 0.243 e. The quantitative estimate of drug-likeness (QED) is 0.833. The summed E-state index contributed by atoms with van der Waals surface area (Å²) in [5, 5.41) is 5.38. The lowest BCUT2D eigenvalue weighted by molar-refractivity contribution is -0.134. The number of hydrogen-bond acceptors (Lipinski definition) is 3. The molecular formula is C16H20BrN3O3. The molecule has 1 heterocycles. The number of carbonyl (C=O) groups is 3. The number of carbonyl (C=O) groups excluding carboxylic acids is 3. The van der Waals surface area contributed by atoms with Crippen LogP contribution in [0.3, 0.4) is 0 Å². The van der Waals surface area contributed by atoms with Gasteiger partial charge >= 0.3 is 0 Å². The zero-order valence-corrected chi connectivity index (χ0v) is 14.6. The Morgan fingerprint density at radius 1 is 1.30 bits per heavy atom. The number of nitrogens with one attached hydrogen (secondary N) is 2. The van der Waals surface area contributed by atoms with E-state index in [-0.39, 0.29) is 30.2 Å². The summed E-state index contributed by atoms with van der Waals surface area (Å²) in [5.74, 6) is -0.735. The molecule has 124 valence electrons. The summed E-state index contributed by atoms with van der Waals surface area (Å²) in [6.45, 7) is 2.54. The van der Waals surface area contributed by atoms with Gasteiger partial charge in [-0.3, -0.25) is 14.4 Å². The Kier molecular flexibility index (Phi) is 6.15. The smallest absolute Gasteiger partial charge is 0.243 e. The molecule has 1 aromatic carbocycles. The Labute approximate surface area is 143 Å². The Morgan fingerprint density at radius 3 is 2.74 bits per heavy atom. The second-order valence-corrected chi connectivity index (χ2v) is 6.40. The van der Waals surface area contributed by atoms with Crippen LogP contribution < -0.4 is 10.6 Å². The Morgan fingerprint density at radius 2 is 2.04 bits per heavy atom. The first-order chi connectivity index (χ1) is 11.0. The molecule has 1 aromatic rings. The van der Waals surface area contributed by atoms with E-state index in [0.29, 0.717) is 18.8 Å². The first-order valence-electron chi connectivity index (χ1n) is 7.55. The highest BCUT2D eigenvalue weighted by Gasteiger charge is 2.27. The highest BCUT2D eigenvalue weighted by molar-refractivity contribution is 9.10. The Balaban J connectivity index is 1.81. The van der Waals surface area contributed by atoms with Crippen molar-refractivity contribution in [1.29, 1.82) is 0 Å². The van der Waals surface area contributed by atoms with Crippen molar-refractivity contribution in [3.8, 4) is 0 Å². The van der Waals surface area contributed by atoms with Gasteiger partial charge in [-0.25, -0.2) is 0 Å². The number of piperidine rings is 1. The van der Waals surface area contributed by atoms with Gasteiger partial charge in [-0.05, 0) is 40.9 Å². The molecule has 0 unspecified atom stereocenters. The van der Waals surface area contributed by atoms with Crippen LogP contribution in [0.5, 0.6) is 0 Å². The second kappa shape index (κ2) is 8.10. The molecule has 2 N–H and O–H groups in total. The van der Waals surface area contributed by atoms with Crippen molar-refractivity contribution in [1.82, 2.24) is 10.2 Å². The molecule has 0 bridgehead atoms. The molecule has 0 saturated carbocycles. The third-order valence-corrected chi connectivity index (χ3v) is 4.50. The maximum atomic E-state index is 12.2. The summed E-state index contributed by atoms with van der Waals surface area (Å²) in [6.07, 6.45) is 1.54. The third kappa shape index (κ3) is 5.06. The van der Waals surface area contributed by atoms with Gasteiger partial charge in [0.1, 0.15) is 0 Å². The van der Waals surface area contributed by atoms with Crippen LogP contribution >= 0.6 is 15.9 Å². The number of para-hydroxylation sites is 1. The molecule has 7 heteroatoms. The van der Waals surface area contributed by atoms with E-state index in [4.69, 9.17) is 0 Å². The number of anilines is 1. The monoisotopic (exact) mass is 381 g/mol. The van der Waals surface area contributed by atoms with Crippen LogP contribution in [-0.2, 0) is 14.4 Å². The zero-order chi connectivity index (χ0) is 16.8. The van der Waals surface area contributed by atoms with Gasteiger partial charge in [0.2, 0.25) is 17.7 Å². The molecule has 0 spiro atoms. The Bertz CT molecular complexity index is 606. The minimum atomic E-state index is -0.288. The molecule has 1 atom stereocenters. The number of halogens is 1. The number of benzene rings is 1. The molecule has 3 amide bonds. The summed E-state index contributed by atoms with van der Waals surface area (Å²) in [7, 11) is 0. The van der Waals surface area contributed by atoms with Crippen molar-refractivity contribution in [2.24, 2.45) is 5.92 Å². The van der Waals surface area contributed by atoms with E-state index in [1.807, 2.05) is 18.2 Å². The van der Waals surface area contributed by atoms with Crippen molar-refractivity contribution in [2.75, 3.05) is 25.0 Å². The standard InChI is InChI=1S/C16H20BrN3O3/c1-11(21)20-8-4-5-12(10-20)16(23)18-9-15(22)19-14-7-3-2-6-13(14)17/h2-3,6-7,12H,4-5,8-10H2,1H3,(H,18,23)(H,19,22)/t12-/m1/s1. The highest BCUT2D eigenvalue weighted by Crippen LogP contribution is 2.21. The molecule has 0 radical (unpaired) electrons. The second-order valence-electron chi connectivity index (χ2n) is 5.55. The predicted molar refractivity (Wildman–Crippen MR) is 90.8 cm³/mol. The summed E-state index contributed by atoms with van der Waals surface area (Å²) >= 11 is 3.35. The van der Waals surface area contributed by atoms with Crippen LogP contribution in [0.25, 0.3) is 0 Å². The van der Waals surface area contributed by atoms with E-state index in [2.05, 4.69) is 26.6 Å². The minimum absolute atomic E-state index is 0.0193. The number of nitrogens with zero attached hydrogens (tertiary/aromatic N) is 1. The van der Waals surface area contributed by atoms with Crippen LogP contribution in [0.15, 0.2) is 28.7 Å². The fraction of sp³-hybridized carbons (Fsp3) is 0.438. The molecule has 1 aliphatic rings. The van der Waals surface area contributed by atoms with Crippen molar-refractivity contribution in [3.05, 3.63) is 28.7 Å². The third-order valence-electron chi connectivity index (χ3n) is 3.81. The summed E-state index contributed by atoms with van der Waals surface area (Å²) in [5.41, 5.74) is 0.659. The van der Waals surface area contributed by atoms with Gasteiger partial charge in [0, 0.05) is 24.5 Å². The summed E-state index contributed by atoms with van der Waals surface area (Å²) < 4.78 is 0.782. The number of rotatable bonds is 4. The molecule has 23 heavy (non-hydrogen) atoms. The van der Waals surface area contributed by atoms with Gasteiger partial charge in [0.25, 0.3) is 0 Å². The van der Waals surface area contributed by atoms with E-state index < -0.39 is 0 Å². The molecular weight excluding hydrogens is 362 g/mol. The first kappa shape index (κ1) is 17.5. The number of likely N-dealkylation sites (tertiary alicyclic amines) is 1. The molecule has 2 rings (SSSR count). The van der Waals surface area contributed by atoms with Gasteiger partial charge < -0.3 is 15.5 Å². The van der Waals surface area contributed by atoms with Crippen LogP contribution in [0.4, 0.5) is 5.69 Å². The van der Waals surface area contributed by atoms with Gasteiger partial charge in [-0.1, -0.05) is 12.1 Å². The molecule has 0 aromatic heterocycles. The van der Waals surface area contributed by atoms with E-state index >= 15 is 0 Å². The molecule has 1 aliphatic heterocycles. The van der Waals surface area contributed by atoms with Crippen molar-refractivity contribution < 1.29 is 14.4 Å².